The van der Waals surface area contributed by atoms with Crippen molar-refractivity contribution in [2.75, 3.05) is 11.9 Å². The zero-order chi connectivity index (χ0) is 42.6. The minimum atomic E-state index is -1.04. The standard InChI is InChI=1S/C48H48N8O5S/c57-39(23-12-26-49-37-22-11-21-36-42(37)48(61)56(47(36)60)38-24-25-40(58)52-46(38)59)50-28-31-13-10-14-32(27-31)29-54-44(34-17-6-2-7-18-34)41(33-15-4-1-5-16-33)43-45(54)51-30-55(62-53-43)35-19-8-3-9-20-35/h1-2,4-7,10-11,13-18,21-22,27,30,35,38,49,53H,3,8-9,12,19-20,23-26,28-29H2,(H,50,57)(H,52,58,59). The lowest BCUT2D eigenvalue weighted by molar-refractivity contribution is -0.136. The molecule has 13 nitrogen and oxygen atoms in total. The van der Waals surface area contributed by atoms with Crippen LogP contribution in [0.4, 0.5) is 5.69 Å². The van der Waals surface area contributed by atoms with Crippen molar-refractivity contribution in [3.63, 3.8) is 0 Å². The van der Waals surface area contributed by atoms with Crippen LogP contribution in [0.3, 0.4) is 0 Å². The number of rotatable bonds is 13. The molecule has 4 heterocycles. The first kappa shape index (κ1) is 40.6. The predicted octanol–water partition coefficient (Wildman–Crippen LogP) is 8.15. The molecule has 2 fully saturated rings. The maximum absolute atomic E-state index is 13.4. The van der Waals surface area contributed by atoms with Crippen LogP contribution < -0.4 is 16.0 Å². The Morgan fingerprint density at radius 3 is 2.31 bits per heavy atom. The van der Waals surface area contributed by atoms with Gasteiger partial charge in [-0.25, -0.2) is 4.98 Å². The number of carbonyl (C=O) groups excluding carboxylic acids is 5. The summed E-state index contributed by atoms with van der Waals surface area (Å²) in [7, 11) is 0. The molecule has 4 aromatic carbocycles. The van der Waals surface area contributed by atoms with Crippen LogP contribution in [0.1, 0.15) is 95.7 Å². The van der Waals surface area contributed by atoms with Gasteiger partial charge in [0.1, 0.15) is 17.9 Å². The summed E-state index contributed by atoms with van der Waals surface area (Å²) in [6, 6.07) is 33.6. The number of aromatic nitrogens is 4. The number of H-pyrrole nitrogens is 1. The molecular formula is C48H48N8O5S. The van der Waals surface area contributed by atoms with Crippen LogP contribution in [-0.4, -0.2) is 64.9 Å². The van der Waals surface area contributed by atoms with Crippen molar-refractivity contribution in [3.05, 3.63) is 132 Å². The monoisotopic (exact) mass is 848 g/mol. The molecule has 1 saturated heterocycles. The minimum Gasteiger partial charge on any atom is -0.384 e. The predicted molar refractivity (Wildman–Crippen MR) is 239 cm³/mol. The number of imide groups is 2. The molecule has 6 aromatic rings. The van der Waals surface area contributed by atoms with Crippen LogP contribution in [0.25, 0.3) is 33.5 Å². The highest BCUT2D eigenvalue weighted by Gasteiger charge is 2.45. The number of benzene rings is 4. The number of fused-ring (bicyclic) bond motifs is 2. The van der Waals surface area contributed by atoms with Gasteiger partial charge >= 0.3 is 0 Å². The SMILES string of the molecule is O=C(CCCNc1cccc2c1C(=O)N(C1CCC(=O)NC1=O)C2=O)NCc1cccc(Cn2c(-c3ccccc3)c(-c3ccccc3)c3[nH]sn(C4CCCCC4)cnc32)c1. The molecule has 14 heteroatoms. The molecule has 0 bridgehead atoms. The summed E-state index contributed by atoms with van der Waals surface area (Å²) in [6.07, 6.45) is 8.92. The Morgan fingerprint density at radius 2 is 1.53 bits per heavy atom. The quantitative estimate of drug-likeness (QED) is 0.0674. The molecule has 3 aliphatic rings. The van der Waals surface area contributed by atoms with Crippen molar-refractivity contribution in [1.82, 2.24) is 33.4 Å². The molecule has 316 valence electrons. The van der Waals surface area contributed by atoms with Crippen LogP contribution >= 0.6 is 11.7 Å². The number of piperidine rings is 1. The fourth-order valence-corrected chi connectivity index (χ4v) is 9.80. The second-order valence-electron chi connectivity index (χ2n) is 16.1. The second-order valence-corrected chi connectivity index (χ2v) is 16.9. The summed E-state index contributed by atoms with van der Waals surface area (Å²) in [5.41, 5.74) is 9.13. The minimum absolute atomic E-state index is 0.0511. The number of hydrogen-bond acceptors (Lipinski definition) is 8. The number of carbonyl (C=O) groups is 5. The van der Waals surface area contributed by atoms with Crippen molar-refractivity contribution in [1.29, 1.82) is 0 Å². The first-order valence-corrected chi connectivity index (χ1v) is 22.2. The van der Waals surface area contributed by atoms with Gasteiger partial charge in [0.05, 0.1) is 16.8 Å². The van der Waals surface area contributed by atoms with E-state index in [1.54, 1.807) is 29.9 Å². The van der Waals surface area contributed by atoms with Gasteiger partial charge < -0.3 is 15.2 Å². The van der Waals surface area contributed by atoms with Gasteiger partial charge in [-0.3, -0.25) is 42.5 Å². The third-order valence-electron chi connectivity index (χ3n) is 12.0. The van der Waals surface area contributed by atoms with E-state index in [-0.39, 0.29) is 36.3 Å². The Labute approximate surface area is 363 Å². The summed E-state index contributed by atoms with van der Waals surface area (Å²) >= 11 is 1.62. The highest BCUT2D eigenvalue weighted by molar-refractivity contribution is 6.99. The Balaban J connectivity index is 0.889. The summed E-state index contributed by atoms with van der Waals surface area (Å²) in [6.45, 7) is 1.29. The summed E-state index contributed by atoms with van der Waals surface area (Å²) in [4.78, 5) is 70.1. The number of nitrogens with zero attached hydrogens (tertiary/aromatic N) is 4. The van der Waals surface area contributed by atoms with Crippen LogP contribution in [0.15, 0.2) is 109 Å². The number of amides is 5. The first-order valence-electron chi connectivity index (χ1n) is 21.4. The lowest BCUT2D eigenvalue weighted by atomic mass is 9.96. The van der Waals surface area contributed by atoms with Crippen molar-refractivity contribution >= 4 is 58.1 Å². The van der Waals surface area contributed by atoms with Gasteiger partial charge in [0, 0.05) is 61.5 Å². The number of aromatic amines is 1. The number of hydrogen-bond donors (Lipinski definition) is 4. The first-order chi connectivity index (χ1) is 30.3. The fourth-order valence-electron chi connectivity index (χ4n) is 8.95. The molecule has 2 aliphatic heterocycles. The second kappa shape index (κ2) is 18.0. The zero-order valence-corrected chi connectivity index (χ0v) is 35.1. The van der Waals surface area contributed by atoms with E-state index in [1.165, 1.54) is 19.3 Å². The molecule has 1 unspecified atom stereocenters. The van der Waals surface area contributed by atoms with Crippen molar-refractivity contribution in [2.45, 2.75) is 83.0 Å². The van der Waals surface area contributed by atoms with Gasteiger partial charge in [0.15, 0.2) is 5.65 Å². The number of anilines is 1. The molecule has 62 heavy (non-hydrogen) atoms. The molecule has 0 spiro atoms. The van der Waals surface area contributed by atoms with Crippen LogP contribution in [0.5, 0.6) is 0 Å². The van der Waals surface area contributed by atoms with Gasteiger partial charge in [-0.2, -0.15) is 0 Å². The third kappa shape index (κ3) is 8.29. The normalized spacial score (nSPS) is 16.6. The molecule has 9 rings (SSSR count). The van der Waals surface area contributed by atoms with Crippen LogP contribution in [0, 0.1) is 0 Å². The topological polar surface area (TPSA) is 163 Å². The Morgan fingerprint density at radius 1 is 0.790 bits per heavy atom. The highest BCUT2D eigenvalue weighted by Crippen LogP contribution is 2.40. The van der Waals surface area contributed by atoms with E-state index in [9.17, 15) is 24.0 Å². The molecule has 1 saturated carbocycles. The molecule has 2 aromatic heterocycles. The van der Waals surface area contributed by atoms with Crippen LogP contribution in [-0.2, 0) is 27.5 Å². The molecule has 1 atom stereocenters. The summed E-state index contributed by atoms with van der Waals surface area (Å²) < 4.78 is 8.35. The van der Waals surface area contributed by atoms with Crippen molar-refractivity contribution < 1.29 is 24.0 Å². The van der Waals surface area contributed by atoms with Gasteiger partial charge in [-0.1, -0.05) is 110 Å². The maximum atomic E-state index is 13.4. The molecule has 1 aliphatic carbocycles. The average Bonchev–Trinajstić information content (AvgIpc) is 3.62. The van der Waals surface area contributed by atoms with E-state index < -0.39 is 29.7 Å². The van der Waals surface area contributed by atoms with Crippen molar-refractivity contribution in [3.8, 4) is 22.4 Å². The van der Waals surface area contributed by atoms with E-state index in [2.05, 4.69) is 89.5 Å². The molecular weight excluding hydrogens is 801 g/mol. The zero-order valence-electron chi connectivity index (χ0n) is 34.3. The Kier molecular flexibility index (Phi) is 11.8. The summed E-state index contributed by atoms with van der Waals surface area (Å²) in [5, 5.41) is 8.50. The van der Waals surface area contributed by atoms with Gasteiger partial charge in [-0.15, -0.1) is 0 Å². The highest BCUT2D eigenvalue weighted by atomic mass is 32.1. The fraction of sp³-hybridized carbons (Fsp3) is 0.292. The van der Waals surface area contributed by atoms with Crippen molar-refractivity contribution in [2.24, 2.45) is 0 Å². The van der Waals surface area contributed by atoms with E-state index in [0.717, 1.165) is 62.4 Å². The van der Waals surface area contributed by atoms with E-state index >= 15 is 0 Å². The lowest BCUT2D eigenvalue weighted by Crippen LogP contribution is -2.54. The largest absolute Gasteiger partial charge is 0.384 e. The molecule has 4 N–H and O–H groups in total. The van der Waals surface area contributed by atoms with E-state index in [0.29, 0.717) is 37.8 Å². The number of nitrogens with one attached hydrogen (secondary N) is 4. The molecule has 5 amide bonds. The average molecular weight is 849 g/mol. The van der Waals surface area contributed by atoms with Crippen LogP contribution in [0.2, 0.25) is 0 Å². The van der Waals surface area contributed by atoms with Gasteiger partial charge in [0.25, 0.3) is 11.8 Å². The third-order valence-corrected chi connectivity index (χ3v) is 12.9. The van der Waals surface area contributed by atoms with E-state index in [1.807, 2.05) is 30.6 Å². The smallest absolute Gasteiger partial charge is 0.264 e. The summed E-state index contributed by atoms with van der Waals surface area (Å²) in [5.74, 6) is -2.32. The lowest BCUT2D eigenvalue weighted by Gasteiger charge is -2.27. The van der Waals surface area contributed by atoms with Gasteiger partial charge in [0.2, 0.25) is 17.7 Å². The van der Waals surface area contributed by atoms with E-state index in [4.69, 9.17) is 4.98 Å². The Bertz CT molecular complexity index is 2710. The maximum Gasteiger partial charge on any atom is 0.264 e. The Hall–Kier alpha value is -6.80. The van der Waals surface area contributed by atoms with Gasteiger partial charge in [-0.05, 0) is 60.1 Å². The molecule has 0 radical (unpaired) electrons.